The zero-order chi connectivity index (χ0) is 26.5. The predicted octanol–water partition coefficient (Wildman–Crippen LogP) is 3.78. The number of hydrogen-bond donors (Lipinski definition) is 2. The van der Waals surface area contributed by atoms with Gasteiger partial charge < -0.3 is 14.9 Å². The van der Waals surface area contributed by atoms with Gasteiger partial charge in [0.15, 0.2) is 5.72 Å². The Kier molecular flexibility index (Phi) is 6.71. The van der Waals surface area contributed by atoms with Gasteiger partial charge in [-0.2, -0.15) is 0 Å². The fraction of sp³-hybridized carbons (Fsp3) is 0.531. The third-order valence-corrected chi connectivity index (χ3v) is 10.2. The van der Waals surface area contributed by atoms with Gasteiger partial charge in [-0.05, 0) is 18.8 Å². The van der Waals surface area contributed by atoms with Crippen molar-refractivity contribution < 1.29 is 19.7 Å². The van der Waals surface area contributed by atoms with Gasteiger partial charge >= 0.3 is 5.97 Å². The summed E-state index contributed by atoms with van der Waals surface area (Å²) in [6.07, 6.45) is 4.33. The van der Waals surface area contributed by atoms with Crippen molar-refractivity contribution in [3.63, 3.8) is 0 Å². The maximum atomic E-state index is 13.1. The van der Waals surface area contributed by atoms with E-state index in [0.29, 0.717) is 25.6 Å². The smallest absolute Gasteiger partial charge is 0.311 e. The average molecular weight is 517 g/mol. The van der Waals surface area contributed by atoms with E-state index in [2.05, 4.69) is 29.7 Å². The highest BCUT2D eigenvalue weighted by Crippen LogP contribution is 2.56. The number of carbonyl (C=O) groups is 1. The molecule has 4 aliphatic rings. The van der Waals surface area contributed by atoms with Crippen LogP contribution in [0.25, 0.3) is 0 Å². The highest BCUT2D eigenvalue weighted by atomic mass is 16.6. The SMILES string of the molecule is C[C@@H]1CCC=C2C[C@H]3OC(=O)[C@@H](CN4CCN(C(O)(c5ccccc5)c5ccccc5)CC4)[C@@H]3[C@H](O)[C@@]21C. The molecule has 2 aliphatic carbocycles. The van der Waals surface area contributed by atoms with Gasteiger partial charge in [-0.3, -0.25) is 14.6 Å². The van der Waals surface area contributed by atoms with Gasteiger partial charge in [0.05, 0.1) is 12.0 Å². The summed E-state index contributed by atoms with van der Waals surface area (Å²) >= 11 is 0. The number of allylic oxidation sites excluding steroid dienone is 1. The lowest BCUT2D eigenvalue weighted by Crippen LogP contribution is -2.58. The molecule has 2 saturated heterocycles. The molecule has 0 unspecified atom stereocenters. The number of hydrogen-bond acceptors (Lipinski definition) is 6. The van der Waals surface area contributed by atoms with Crippen LogP contribution in [0.15, 0.2) is 72.3 Å². The summed E-state index contributed by atoms with van der Waals surface area (Å²) in [6, 6.07) is 19.7. The summed E-state index contributed by atoms with van der Waals surface area (Å²) in [5, 5.41) is 23.8. The number of esters is 1. The van der Waals surface area contributed by atoms with Gasteiger partial charge in [-0.25, -0.2) is 0 Å². The fourth-order valence-corrected chi connectivity index (χ4v) is 7.68. The first-order valence-electron chi connectivity index (χ1n) is 14.2. The minimum absolute atomic E-state index is 0.165. The first-order chi connectivity index (χ1) is 18.3. The van der Waals surface area contributed by atoms with Crippen LogP contribution in [0.2, 0.25) is 0 Å². The van der Waals surface area contributed by atoms with Crippen molar-refractivity contribution in [1.82, 2.24) is 9.80 Å². The second kappa shape index (κ2) is 9.91. The number of rotatable bonds is 5. The highest BCUT2D eigenvalue weighted by Gasteiger charge is 2.60. The molecule has 1 saturated carbocycles. The highest BCUT2D eigenvalue weighted by molar-refractivity contribution is 5.76. The maximum absolute atomic E-state index is 13.1. The van der Waals surface area contributed by atoms with Crippen LogP contribution < -0.4 is 0 Å². The summed E-state index contributed by atoms with van der Waals surface area (Å²) in [5.74, 6) is -0.279. The molecule has 2 aromatic rings. The molecule has 0 radical (unpaired) electrons. The van der Waals surface area contributed by atoms with Crippen LogP contribution in [-0.2, 0) is 15.3 Å². The Bertz CT molecular complexity index is 1140. The molecular formula is C32H40N2O4. The van der Waals surface area contributed by atoms with Crippen LogP contribution in [0.5, 0.6) is 0 Å². The molecule has 3 fully saturated rings. The number of aliphatic hydroxyl groups is 2. The van der Waals surface area contributed by atoms with E-state index >= 15 is 0 Å². The number of benzene rings is 2. The summed E-state index contributed by atoms with van der Waals surface area (Å²) in [4.78, 5) is 17.6. The number of carbonyl (C=O) groups excluding carboxylic acids is 1. The molecule has 2 heterocycles. The molecule has 6 heteroatoms. The molecule has 0 amide bonds. The lowest BCUT2D eigenvalue weighted by molar-refractivity contribution is -0.145. The molecule has 0 aromatic heterocycles. The average Bonchev–Trinajstić information content (AvgIpc) is 3.26. The minimum atomic E-state index is -1.22. The third kappa shape index (κ3) is 4.04. The Balaban J connectivity index is 1.18. The molecule has 38 heavy (non-hydrogen) atoms. The van der Waals surface area contributed by atoms with Gasteiger partial charge in [-0.15, -0.1) is 0 Å². The van der Waals surface area contributed by atoms with Gasteiger partial charge in [0.1, 0.15) is 6.10 Å². The van der Waals surface area contributed by atoms with Crippen molar-refractivity contribution in [2.75, 3.05) is 32.7 Å². The Labute approximate surface area is 225 Å². The van der Waals surface area contributed by atoms with Gasteiger partial charge in [0, 0.05) is 61.6 Å². The molecule has 0 bridgehead atoms. The Morgan fingerprint density at radius 2 is 1.61 bits per heavy atom. The lowest BCUT2D eigenvalue weighted by atomic mass is 9.55. The van der Waals surface area contributed by atoms with E-state index in [0.717, 1.165) is 43.5 Å². The monoisotopic (exact) mass is 516 g/mol. The quantitative estimate of drug-likeness (QED) is 0.466. The van der Waals surface area contributed by atoms with E-state index in [4.69, 9.17) is 4.74 Å². The van der Waals surface area contributed by atoms with Crippen molar-refractivity contribution in [3.05, 3.63) is 83.4 Å². The predicted molar refractivity (Wildman–Crippen MR) is 146 cm³/mol. The summed E-state index contributed by atoms with van der Waals surface area (Å²) in [6.45, 7) is 7.82. The van der Waals surface area contributed by atoms with Crippen molar-refractivity contribution in [1.29, 1.82) is 0 Å². The number of nitrogens with zero attached hydrogens (tertiary/aromatic N) is 2. The lowest BCUT2D eigenvalue weighted by Gasteiger charge is -2.52. The molecule has 2 N–H and O–H groups in total. The molecule has 2 aromatic carbocycles. The number of fused-ring (bicyclic) bond motifs is 2. The summed E-state index contributed by atoms with van der Waals surface area (Å²) in [7, 11) is 0. The molecular weight excluding hydrogens is 476 g/mol. The largest absolute Gasteiger partial charge is 0.461 e. The van der Waals surface area contributed by atoms with Crippen LogP contribution in [-0.4, -0.2) is 70.9 Å². The molecule has 202 valence electrons. The van der Waals surface area contributed by atoms with Gasteiger partial charge in [0.25, 0.3) is 0 Å². The molecule has 2 aliphatic heterocycles. The number of ether oxygens (including phenoxy) is 1. The number of aliphatic hydroxyl groups excluding tert-OH is 1. The van der Waals surface area contributed by atoms with Gasteiger partial charge in [-0.1, -0.05) is 86.2 Å². The normalized spacial score (nSPS) is 34.3. The van der Waals surface area contributed by atoms with E-state index in [1.54, 1.807) is 0 Å². The van der Waals surface area contributed by atoms with E-state index in [9.17, 15) is 15.0 Å². The van der Waals surface area contributed by atoms with Crippen LogP contribution in [0.3, 0.4) is 0 Å². The Hall–Kier alpha value is -2.51. The molecule has 6 atom stereocenters. The van der Waals surface area contributed by atoms with Crippen LogP contribution in [0, 0.1) is 23.2 Å². The minimum Gasteiger partial charge on any atom is -0.461 e. The summed E-state index contributed by atoms with van der Waals surface area (Å²) < 4.78 is 5.89. The van der Waals surface area contributed by atoms with Crippen LogP contribution in [0.4, 0.5) is 0 Å². The van der Waals surface area contributed by atoms with Crippen molar-refractivity contribution >= 4 is 5.97 Å². The standard InChI is InChI=1S/C32H40N2O4/c1-22-10-9-15-25-20-27-28(29(35)31(22,25)2)26(30(36)38-27)21-33-16-18-34(19-17-33)32(37,23-11-5-3-6-12-23)24-13-7-4-8-14-24/h3-8,11-15,22,26-29,35,37H,9-10,16-21H2,1-2H3/t22-,26+,27-,28+,29+,31-/m1/s1. The molecule has 6 nitrogen and oxygen atoms in total. The zero-order valence-electron chi connectivity index (χ0n) is 22.5. The second-order valence-electron chi connectivity index (χ2n) is 12.0. The zero-order valence-corrected chi connectivity index (χ0v) is 22.5. The molecule has 0 spiro atoms. The Morgan fingerprint density at radius 3 is 2.21 bits per heavy atom. The first kappa shape index (κ1) is 25.8. The van der Waals surface area contributed by atoms with Crippen LogP contribution in [0.1, 0.15) is 44.2 Å². The molecule has 6 rings (SSSR count). The second-order valence-corrected chi connectivity index (χ2v) is 12.0. The Morgan fingerprint density at radius 1 is 1.00 bits per heavy atom. The van der Waals surface area contributed by atoms with Crippen molar-refractivity contribution in [2.24, 2.45) is 23.2 Å². The van der Waals surface area contributed by atoms with E-state index in [1.165, 1.54) is 5.57 Å². The van der Waals surface area contributed by atoms with Crippen molar-refractivity contribution in [3.8, 4) is 0 Å². The van der Waals surface area contributed by atoms with Gasteiger partial charge in [0.2, 0.25) is 0 Å². The van der Waals surface area contributed by atoms with E-state index in [1.807, 2.05) is 60.7 Å². The maximum Gasteiger partial charge on any atom is 0.311 e. The summed E-state index contributed by atoms with van der Waals surface area (Å²) in [5.41, 5.74) is 1.47. The van der Waals surface area contributed by atoms with E-state index in [-0.39, 0.29) is 29.3 Å². The van der Waals surface area contributed by atoms with E-state index < -0.39 is 11.8 Å². The number of piperazine rings is 1. The van der Waals surface area contributed by atoms with Crippen LogP contribution >= 0.6 is 0 Å². The first-order valence-corrected chi connectivity index (χ1v) is 14.2. The fourth-order valence-electron chi connectivity index (χ4n) is 7.68. The third-order valence-electron chi connectivity index (χ3n) is 10.2. The van der Waals surface area contributed by atoms with Crippen molar-refractivity contribution in [2.45, 2.75) is 51.0 Å². The topological polar surface area (TPSA) is 73.2 Å².